The smallest absolute Gasteiger partial charge is 0.337 e. The first-order valence-corrected chi connectivity index (χ1v) is 9.94. The van der Waals surface area contributed by atoms with E-state index in [2.05, 4.69) is 5.32 Å². The van der Waals surface area contributed by atoms with Crippen LogP contribution in [0.5, 0.6) is 11.5 Å². The van der Waals surface area contributed by atoms with E-state index in [1.165, 1.54) is 7.11 Å². The molecule has 1 N–H and O–H groups in total. The molecule has 1 heterocycles. The van der Waals surface area contributed by atoms with Gasteiger partial charge in [0.15, 0.2) is 11.5 Å². The lowest BCUT2D eigenvalue weighted by Crippen LogP contribution is -2.42. The summed E-state index contributed by atoms with van der Waals surface area (Å²) < 4.78 is 15.8. The van der Waals surface area contributed by atoms with Gasteiger partial charge in [0.2, 0.25) is 12.7 Å². The molecule has 29 heavy (non-hydrogen) atoms. The Morgan fingerprint density at radius 2 is 1.76 bits per heavy atom. The Balaban J connectivity index is 1.68. The molecule has 1 amide bonds. The van der Waals surface area contributed by atoms with Crippen molar-refractivity contribution in [3.63, 3.8) is 0 Å². The van der Waals surface area contributed by atoms with Crippen LogP contribution >= 0.6 is 0 Å². The minimum atomic E-state index is -0.632. The van der Waals surface area contributed by atoms with Crippen molar-refractivity contribution in [3.05, 3.63) is 53.1 Å². The summed E-state index contributed by atoms with van der Waals surface area (Å²) in [6.45, 7) is 2.11. The molecule has 1 aliphatic heterocycles. The first kappa shape index (κ1) is 19.3. The molecule has 0 saturated heterocycles. The molecule has 1 fully saturated rings. The molecule has 0 spiro atoms. The van der Waals surface area contributed by atoms with Crippen molar-refractivity contribution in [1.82, 2.24) is 0 Å². The standard InChI is InChI=1S/C23H25NO5/c1-15-6-7-16(21(25)27-2)12-18(15)24-22(26)23(10-4-3-5-11-23)17-8-9-19-20(13-17)29-14-28-19/h6-9,12-13H,3-5,10-11,14H2,1-2H3,(H,24,26). The second-order valence-corrected chi connectivity index (χ2v) is 7.69. The van der Waals surface area contributed by atoms with Crippen molar-refractivity contribution in [2.45, 2.75) is 44.4 Å². The van der Waals surface area contributed by atoms with Gasteiger partial charge in [-0.05, 0) is 55.2 Å². The summed E-state index contributed by atoms with van der Waals surface area (Å²) in [5.74, 6) is 0.913. The zero-order valence-corrected chi connectivity index (χ0v) is 16.7. The number of carbonyl (C=O) groups excluding carboxylic acids is 2. The normalized spacial score (nSPS) is 16.9. The third-order valence-corrected chi connectivity index (χ3v) is 5.97. The van der Waals surface area contributed by atoms with E-state index in [0.29, 0.717) is 22.7 Å². The largest absolute Gasteiger partial charge is 0.465 e. The van der Waals surface area contributed by atoms with Crippen molar-refractivity contribution in [3.8, 4) is 11.5 Å². The maximum absolute atomic E-state index is 13.6. The molecule has 1 aliphatic carbocycles. The van der Waals surface area contributed by atoms with Crippen LogP contribution in [0, 0.1) is 6.92 Å². The van der Waals surface area contributed by atoms with E-state index in [9.17, 15) is 9.59 Å². The van der Waals surface area contributed by atoms with Crippen LogP contribution in [0.25, 0.3) is 0 Å². The van der Waals surface area contributed by atoms with Gasteiger partial charge in [0.25, 0.3) is 0 Å². The third kappa shape index (κ3) is 3.55. The average molecular weight is 395 g/mol. The van der Waals surface area contributed by atoms with Crippen LogP contribution in [0.15, 0.2) is 36.4 Å². The maximum atomic E-state index is 13.6. The van der Waals surface area contributed by atoms with Gasteiger partial charge in [-0.2, -0.15) is 0 Å². The second kappa shape index (κ2) is 7.78. The van der Waals surface area contributed by atoms with Crippen molar-refractivity contribution < 1.29 is 23.8 Å². The van der Waals surface area contributed by atoms with Gasteiger partial charge in [-0.1, -0.05) is 31.4 Å². The Kier molecular flexibility index (Phi) is 5.18. The highest BCUT2D eigenvalue weighted by atomic mass is 16.7. The predicted octanol–water partition coefficient (Wildman–Crippen LogP) is 4.35. The number of rotatable bonds is 4. The van der Waals surface area contributed by atoms with Crippen LogP contribution in [0.2, 0.25) is 0 Å². The number of hydrogen-bond acceptors (Lipinski definition) is 5. The Morgan fingerprint density at radius 1 is 1.00 bits per heavy atom. The Hall–Kier alpha value is -3.02. The molecular formula is C23H25NO5. The van der Waals surface area contributed by atoms with E-state index in [1.807, 2.05) is 31.2 Å². The molecule has 2 aromatic carbocycles. The molecule has 0 radical (unpaired) electrons. The van der Waals surface area contributed by atoms with E-state index in [4.69, 9.17) is 14.2 Å². The molecule has 0 bridgehead atoms. The zero-order valence-electron chi connectivity index (χ0n) is 16.7. The molecular weight excluding hydrogens is 370 g/mol. The van der Waals surface area contributed by atoms with E-state index in [1.54, 1.807) is 12.1 Å². The Labute approximate surface area is 170 Å². The van der Waals surface area contributed by atoms with Crippen LogP contribution in [0.1, 0.15) is 53.6 Å². The highest BCUT2D eigenvalue weighted by Crippen LogP contribution is 2.44. The lowest BCUT2D eigenvalue weighted by molar-refractivity contribution is -0.122. The summed E-state index contributed by atoms with van der Waals surface area (Å²) in [5, 5.41) is 3.09. The lowest BCUT2D eigenvalue weighted by Gasteiger charge is -2.36. The van der Waals surface area contributed by atoms with Crippen molar-refractivity contribution in [1.29, 1.82) is 0 Å². The summed E-state index contributed by atoms with van der Waals surface area (Å²) >= 11 is 0. The fourth-order valence-electron chi connectivity index (χ4n) is 4.24. The quantitative estimate of drug-likeness (QED) is 0.779. The monoisotopic (exact) mass is 395 g/mol. The molecule has 2 aromatic rings. The summed E-state index contributed by atoms with van der Waals surface area (Å²) in [5.41, 5.74) is 2.24. The number of aryl methyl sites for hydroxylation is 1. The number of ether oxygens (including phenoxy) is 3. The Morgan fingerprint density at radius 3 is 2.52 bits per heavy atom. The molecule has 6 heteroatoms. The summed E-state index contributed by atoms with van der Waals surface area (Å²) in [7, 11) is 1.34. The Bertz CT molecular complexity index is 946. The van der Waals surface area contributed by atoms with Crippen molar-refractivity contribution >= 4 is 17.6 Å². The number of methoxy groups -OCH3 is 1. The van der Waals surface area contributed by atoms with Gasteiger partial charge in [0.05, 0.1) is 18.1 Å². The topological polar surface area (TPSA) is 73.9 Å². The first-order chi connectivity index (χ1) is 14.0. The molecule has 6 nitrogen and oxygen atoms in total. The fraction of sp³-hybridized carbons (Fsp3) is 0.391. The predicted molar refractivity (Wildman–Crippen MR) is 108 cm³/mol. The van der Waals surface area contributed by atoms with Gasteiger partial charge in [0.1, 0.15) is 0 Å². The van der Waals surface area contributed by atoms with Gasteiger partial charge in [0, 0.05) is 5.69 Å². The fourth-order valence-corrected chi connectivity index (χ4v) is 4.24. The minimum Gasteiger partial charge on any atom is -0.465 e. The average Bonchev–Trinajstić information content (AvgIpc) is 3.23. The summed E-state index contributed by atoms with van der Waals surface area (Å²) in [6.07, 6.45) is 4.64. The number of hydrogen-bond donors (Lipinski definition) is 1. The number of fused-ring (bicyclic) bond motifs is 1. The molecule has 1 saturated carbocycles. The highest BCUT2D eigenvalue weighted by molar-refractivity contribution is 6.01. The minimum absolute atomic E-state index is 0.0545. The van der Waals surface area contributed by atoms with Gasteiger partial charge in [-0.3, -0.25) is 4.79 Å². The van der Waals surface area contributed by atoms with E-state index in [0.717, 1.165) is 43.2 Å². The van der Waals surface area contributed by atoms with E-state index >= 15 is 0 Å². The van der Waals surface area contributed by atoms with Gasteiger partial charge < -0.3 is 19.5 Å². The van der Waals surface area contributed by atoms with E-state index in [-0.39, 0.29) is 12.7 Å². The maximum Gasteiger partial charge on any atom is 0.337 e. The van der Waals surface area contributed by atoms with Crippen LogP contribution in [-0.2, 0) is 14.9 Å². The van der Waals surface area contributed by atoms with Crippen LogP contribution in [0.3, 0.4) is 0 Å². The van der Waals surface area contributed by atoms with Crippen molar-refractivity contribution in [2.24, 2.45) is 0 Å². The number of anilines is 1. The number of benzene rings is 2. The van der Waals surface area contributed by atoms with Crippen molar-refractivity contribution in [2.75, 3.05) is 19.2 Å². The summed E-state index contributed by atoms with van der Waals surface area (Å²) in [4.78, 5) is 25.5. The highest BCUT2D eigenvalue weighted by Gasteiger charge is 2.42. The number of carbonyl (C=O) groups is 2. The number of amides is 1. The number of esters is 1. The second-order valence-electron chi connectivity index (χ2n) is 7.69. The van der Waals surface area contributed by atoms with Crippen LogP contribution in [-0.4, -0.2) is 25.8 Å². The molecule has 0 aromatic heterocycles. The first-order valence-electron chi connectivity index (χ1n) is 9.94. The molecule has 0 unspecified atom stereocenters. The molecule has 0 atom stereocenters. The molecule has 2 aliphatic rings. The van der Waals surface area contributed by atoms with E-state index < -0.39 is 11.4 Å². The summed E-state index contributed by atoms with van der Waals surface area (Å²) in [6, 6.07) is 11.0. The zero-order chi connectivity index (χ0) is 20.4. The third-order valence-electron chi connectivity index (χ3n) is 5.97. The van der Waals surface area contributed by atoms with Crippen LogP contribution in [0.4, 0.5) is 5.69 Å². The number of nitrogens with one attached hydrogen (secondary N) is 1. The molecule has 152 valence electrons. The molecule has 4 rings (SSSR count). The van der Waals surface area contributed by atoms with Gasteiger partial charge in [-0.15, -0.1) is 0 Å². The van der Waals surface area contributed by atoms with Gasteiger partial charge in [-0.25, -0.2) is 4.79 Å². The lowest BCUT2D eigenvalue weighted by atomic mass is 9.68. The van der Waals surface area contributed by atoms with Crippen LogP contribution < -0.4 is 14.8 Å². The van der Waals surface area contributed by atoms with Gasteiger partial charge >= 0.3 is 5.97 Å². The SMILES string of the molecule is COC(=O)c1ccc(C)c(NC(=O)C2(c3ccc4c(c3)OCO4)CCCCC2)c1.